The molecule has 0 fully saturated rings. The molecule has 0 bridgehead atoms. The van der Waals surface area contributed by atoms with Crippen LogP contribution in [0.15, 0.2) is 65.1 Å². The number of aryl methyl sites for hydroxylation is 1. The van der Waals surface area contributed by atoms with Gasteiger partial charge in [0.2, 0.25) is 0 Å². The Labute approximate surface area is 134 Å². The minimum Gasteiger partial charge on any atom is -0.378 e. The van der Waals surface area contributed by atoms with Crippen molar-refractivity contribution in [2.45, 2.75) is 19.9 Å². The molecule has 1 unspecified atom stereocenters. The first-order valence-electron chi connectivity index (χ1n) is 7.15. The topological polar surface area (TPSA) is 12.0 Å². The Bertz CT molecular complexity index is 779. The van der Waals surface area contributed by atoms with Crippen molar-refractivity contribution in [2.75, 3.05) is 5.32 Å². The number of fused-ring (bicyclic) bond motifs is 1. The second kappa shape index (κ2) is 5.90. The number of rotatable bonds is 3. The van der Waals surface area contributed by atoms with Crippen molar-refractivity contribution in [3.05, 3.63) is 76.3 Å². The lowest BCUT2D eigenvalue weighted by molar-refractivity contribution is 0.884. The molecule has 0 amide bonds. The maximum absolute atomic E-state index is 3.60. The van der Waals surface area contributed by atoms with Crippen LogP contribution in [0.3, 0.4) is 0 Å². The lowest BCUT2D eigenvalue weighted by Crippen LogP contribution is -2.07. The van der Waals surface area contributed by atoms with Crippen LogP contribution in [0.4, 0.5) is 5.69 Å². The summed E-state index contributed by atoms with van der Waals surface area (Å²) in [7, 11) is 0. The molecule has 1 N–H and O–H groups in total. The molecule has 0 aliphatic carbocycles. The van der Waals surface area contributed by atoms with Gasteiger partial charge in [0.25, 0.3) is 0 Å². The molecule has 2 heteroatoms. The monoisotopic (exact) mass is 339 g/mol. The van der Waals surface area contributed by atoms with Crippen molar-refractivity contribution in [2.24, 2.45) is 0 Å². The van der Waals surface area contributed by atoms with Gasteiger partial charge in [-0.25, -0.2) is 0 Å². The van der Waals surface area contributed by atoms with Crippen LogP contribution in [-0.2, 0) is 0 Å². The number of anilines is 1. The van der Waals surface area contributed by atoms with Crippen molar-refractivity contribution in [1.82, 2.24) is 0 Å². The summed E-state index contributed by atoms with van der Waals surface area (Å²) in [6.07, 6.45) is 0. The van der Waals surface area contributed by atoms with E-state index >= 15 is 0 Å². The highest BCUT2D eigenvalue weighted by atomic mass is 79.9. The Morgan fingerprint density at radius 2 is 1.67 bits per heavy atom. The van der Waals surface area contributed by atoms with Crippen molar-refractivity contribution in [3.63, 3.8) is 0 Å². The average Bonchev–Trinajstić information content (AvgIpc) is 2.50. The predicted molar refractivity (Wildman–Crippen MR) is 94.9 cm³/mol. The van der Waals surface area contributed by atoms with E-state index in [1.54, 1.807) is 0 Å². The van der Waals surface area contributed by atoms with Crippen LogP contribution in [0.25, 0.3) is 10.8 Å². The summed E-state index contributed by atoms with van der Waals surface area (Å²) in [4.78, 5) is 0. The minimum atomic E-state index is 0.266. The summed E-state index contributed by atoms with van der Waals surface area (Å²) in [6, 6.07) is 21.7. The SMILES string of the molecule is Cc1ccc(Br)cc1NC(C)c1ccc2ccccc2c1. The van der Waals surface area contributed by atoms with Crippen LogP contribution in [-0.4, -0.2) is 0 Å². The smallest absolute Gasteiger partial charge is 0.0485 e. The van der Waals surface area contributed by atoms with Gasteiger partial charge in [-0.2, -0.15) is 0 Å². The number of hydrogen-bond acceptors (Lipinski definition) is 1. The minimum absolute atomic E-state index is 0.266. The van der Waals surface area contributed by atoms with E-state index in [1.165, 1.54) is 27.6 Å². The lowest BCUT2D eigenvalue weighted by atomic mass is 10.0. The third kappa shape index (κ3) is 3.11. The number of halogens is 1. The summed E-state index contributed by atoms with van der Waals surface area (Å²) in [5.41, 5.74) is 3.73. The first kappa shape index (κ1) is 14.2. The van der Waals surface area contributed by atoms with Crippen LogP contribution < -0.4 is 5.32 Å². The summed E-state index contributed by atoms with van der Waals surface area (Å²) in [6.45, 7) is 4.33. The molecular weight excluding hydrogens is 322 g/mol. The maximum atomic E-state index is 3.60. The summed E-state index contributed by atoms with van der Waals surface area (Å²) in [5, 5.41) is 6.17. The van der Waals surface area contributed by atoms with E-state index in [2.05, 4.69) is 95.8 Å². The predicted octanol–water partition coefficient (Wildman–Crippen LogP) is 6.08. The molecule has 3 aromatic rings. The molecule has 21 heavy (non-hydrogen) atoms. The molecule has 106 valence electrons. The summed E-state index contributed by atoms with van der Waals surface area (Å²) < 4.78 is 1.10. The van der Waals surface area contributed by atoms with Crippen LogP contribution >= 0.6 is 15.9 Å². The summed E-state index contributed by atoms with van der Waals surface area (Å²) >= 11 is 3.54. The highest BCUT2D eigenvalue weighted by molar-refractivity contribution is 9.10. The lowest BCUT2D eigenvalue weighted by Gasteiger charge is -2.18. The van der Waals surface area contributed by atoms with Crippen molar-refractivity contribution in [3.8, 4) is 0 Å². The Balaban J connectivity index is 1.89. The largest absolute Gasteiger partial charge is 0.378 e. The second-order valence-corrected chi connectivity index (χ2v) is 6.35. The molecule has 0 saturated carbocycles. The Hall–Kier alpha value is -1.80. The zero-order chi connectivity index (χ0) is 14.8. The maximum Gasteiger partial charge on any atom is 0.0485 e. The van der Waals surface area contributed by atoms with Gasteiger partial charge in [-0.3, -0.25) is 0 Å². The molecule has 0 aromatic heterocycles. The van der Waals surface area contributed by atoms with E-state index in [0.29, 0.717) is 0 Å². The van der Waals surface area contributed by atoms with Crippen LogP contribution in [0.5, 0.6) is 0 Å². The van der Waals surface area contributed by atoms with Gasteiger partial charge in [0.05, 0.1) is 0 Å². The molecule has 1 nitrogen and oxygen atoms in total. The third-order valence-electron chi connectivity index (χ3n) is 3.85. The second-order valence-electron chi connectivity index (χ2n) is 5.43. The third-order valence-corrected chi connectivity index (χ3v) is 4.34. The molecule has 0 heterocycles. The van der Waals surface area contributed by atoms with Gasteiger partial charge in [-0.15, -0.1) is 0 Å². The quantitative estimate of drug-likeness (QED) is 0.609. The van der Waals surface area contributed by atoms with Crippen LogP contribution in [0.1, 0.15) is 24.1 Å². The molecule has 1 atom stereocenters. The van der Waals surface area contributed by atoms with E-state index in [1.807, 2.05) is 0 Å². The zero-order valence-corrected chi connectivity index (χ0v) is 13.8. The molecule has 0 aliphatic heterocycles. The van der Waals surface area contributed by atoms with Gasteiger partial charge in [-0.05, 0) is 53.9 Å². The fraction of sp³-hybridized carbons (Fsp3) is 0.158. The normalized spacial score (nSPS) is 12.3. The van der Waals surface area contributed by atoms with Gasteiger partial charge < -0.3 is 5.32 Å². The van der Waals surface area contributed by atoms with E-state index in [-0.39, 0.29) is 6.04 Å². The standard InChI is InChI=1S/C19H18BrN/c1-13-7-10-18(20)12-19(13)21-14(2)16-9-8-15-5-3-4-6-17(15)11-16/h3-12,14,21H,1-2H3. The summed E-state index contributed by atoms with van der Waals surface area (Å²) in [5.74, 6) is 0. The number of nitrogens with one attached hydrogen (secondary N) is 1. The highest BCUT2D eigenvalue weighted by Gasteiger charge is 2.08. The molecular formula is C19H18BrN. The molecule has 3 aromatic carbocycles. The Morgan fingerprint density at radius 1 is 0.905 bits per heavy atom. The molecule has 3 rings (SSSR count). The van der Waals surface area contributed by atoms with Gasteiger partial charge >= 0.3 is 0 Å². The van der Waals surface area contributed by atoms with Crippen molar-refractivity contribution in [1.29, 1.82) is 0 Å². The molecule has 0 spiro atoms. The fourth-order valence-corrected chi connectivity index (χ4v) is 2.90. The first-order valence-corrected chi connectivity index (χ1v) is 7.94. The van der Waals surface area contributed by atoms with Crippen LogP contribution in [0, 0.1) is 6.92 Å². The van der Waals surface area contributed by atoms with E-state index in [0.717, 1.165) is 4.47 Å². The van der Waals surface area contributed by atoms with E-state index < -0.39 is 0 Å². The zero-order valence-electron chi connectivity index (χ0n) is 12.2. The Kier molecular flexibility index (Phi) is 3.98. The van der Waals surface area contributed by atoms with Gasteiger partial charge in [0.1, 0.15) is 0 Å². The van der Waals surface area contributed by atoms with Crippen molar-refractivity contribution >= 4 is 32.4 Å². The van der Waals surface area contributed by atoms with Crippen molar-refractivity contribution < 1.29 is 0 Å². The number of benzene rings is 3. The molecule has 0 aliphatic rings. The van der Waals surface area contributed by atoms with Gasteiger partial charge in [-0.1, -0.05) is 58.4 Å². The average molecular weight is 340 g/mol. The van der Waals surface area contributed by atoms with Crippen LogP contribution in [0.2, 0.25) is 0 Å². The Morgan fingerprint density at radius 3 is 2.48 bits per heavy atom. The molecule has 0 radical (unpaired) electrons. The van der Waals surface area contributed by atoms with Gasteiger partial charge in [0.15, 0.2) is 0 Å². The van der Waals surface area contributed by atoms with E-state index in [9.17, 15) is 0 Å². The van der Waals surface area contributed by atoms with E-state index in [4.69, 9.17) is 0 Å². The first-order chi connectivity index (χ1) is 10.1. The molecule has 0 saturated heterocycles. The fourth-order valence-electron chi connectivity index (χ4n) is 2.54. The highest BCUT2D eigenvalue weighted by Crippen LogP contribution is 2.27. The van der Waals surface area contributed by atoms with Gasteiger partial charge in [0, 0.05) is 16.2 Å². The number of hydrogen-bond donors (Lipinski definition) is 1.